The first-order chi connectivity index (χ1) is 9.19. The Hall–Kier alpha value is -2.05. The fourth-order valence-electron chi connectivity index (χ4n) is 1.70. The van der Waals surface area contributed by atoms with Crippen molar-refractivity contribution in [3.05, 3.63) is 53.9 Å². The number of alkyl halides is 6. The third-order valence-electron chi connectivity index (χ3n) is 2.60. The van der Waals surface area contributed by atoms with E-state index in [0.29, 0.717) is 6.07 Å². The van der Waals surface area contributed by atoms with Crippen molar-refractivity contribution in [2.24, 2.45) is 0 Å². The second kappa shape index (κ2) is 4.81. The maximum absolute atomic E-state index is 12.8. The molecular formula is C13H7F6N. The minimum atomic E-state index is -4.62. The fraction of sp³-hybridized carbons (Fsp3) is 0.154. The minimum absolute atomic E-state index is 0.0223. The molecule has 0 aliphatic carbocycles. The third-order valence-corrected chi connectivity index (χ3v) is 2.60. The Bertz CT molecular complexity index is 597. The highest BCUT2D eigenvalue weighted by molar-refractivity contribution is 5.67. The highest BCUT2D eigenvalue weighted by Crippen LogP contribution is 2.37. The molecule has 20 heavy (non-hydrogen) atoms. The van der Waals surface area contributed by atoms with Crippen LogP contribution < -0.4 is 0 Å². The smallest absolute Gasteiger partial charge is 0.251 e. The zero-order valence-corrected chi connectivity index (χ0v) is 9.76. The number of hydrogen-bond donors (Lipinski definition) is 0. The van der Waals surface area contributed by atoms with Crippen LogP contribution in [0.1, 0.15) is 11.3 Å². The van der Waals surface area contributed by atoms with Crippen LogP contribution in [0.4, 0.5) is 26.3 Å². The van der Waals surface area contributed by atoms with E-state index in [1.165, 1.54) is 18.2 Å². The van der Waals surface area contributed by atoms with Gasteiger partial charge in [-0.1, -0.05) is 24.3 Å². The molecule has 2 rings (SSSR count). The molecule has 106 valence electrons. The normalized spacial score (nSPS) is 12.5. The lowest BCUT2D eigenvalue weighted by atomic mass is 10.0. The van der Waals surface area contributed by atoms with Gasteiger partial charge in [-0.25, -0.2) is 0 Å². The first-order valence-corrected chi connectivity index (χ1v) is 5.39. The topological polar surface area (TPSA) is 12.9 Å². The maximum Gasteiger partial charge on any atom is 0.433 e. The predicted molar refractivity (Wildman–Crippen MR) is 59.7 cm³/mol. The van der Waals surface area contributed by atoms with E-state index in [0.717, 1.165) is 18.3 Å². The Morgan fingerprint density at radius 1 is 0.750 bits per heavy atom. The van der Waals surface area contributed by atoms with E-state index in [4.69, 9.17) is 0 Å². The molecule has 1 nitrogen and oxygen atoms in total. The Morgan fingerprint density at radius 3 is 1.90 bits per heavy atom. The van der Waals surface area contributed by atoms with Crippen molar-refractivity contribution in [1.29, 1.82) is 0 Å². The third kappa shape index (κ3) is 2.92. The lowest BCUT2D eigenvalue weighted by Gasteiger charge is -2.13. The molecule has 1 heterocycles. The summed E-state index contributed by atoms with van der Waals surface area (Å²) in [6.45, 7) is 0. The number of rotatable bonds is 1. The molecule has 1 aromatic carbocycles. The van der Waals surface area contributed by atoms with Crippen LogP contribution in [-0.4, -0.2) is 4.98 Å². The summed E-state index contributed by atoms with van der Waals surface area (Å²) < 4.78 is 75.5. The zero-order valence-electron chi connectivity index (χ0n) is 9.76. The van der Waals surface area contributed by atoms with Gasteiger partial charge in [0, 0.05) is 11.8 Å². The molecule has 7 heteroatoms. The number of aromatic nitrogens is 1. The van der Waals surface area contributed by atoms with Crippen LogP contribution in [0.3, 0.4) is 0 Å². The van der Waals surface area contributed by atoms with Gasteiger partial charge in [0.15, 0.2) is 0 Å². The van der Waals surface area contributed by atoms with Crippen LogP contribution in [0.2, 0.25) is 0 Å². The van der Waals surface area contributed by atoms with Crippen molar-refractivity contribution in [2.75, 3.05) is 0 Å². The monoisotopic (exact) mass is 291 g/mol. The number of benzene rings is 1. The second-order valence-electron chi connectivity index (χ2n) is 3.97. The Labute approximate surface area is 109 Å². The molecule has 0 saturated carbocycles. The molecule has 0 amide bonds. The fourth-order valence-corrected chi connectivity index (χ4v) is 1.70. The van der Waals surface area contributed by atoms with Crippen molar-refractivity contribution in [3.8, 4) is 11.1 Å². The Morgan fingerprint density at radius 2 is 1.40 bits per heavy atom. The molecule has 0 spiro atoms. The molecular weight excluding hydrogens is 284 g/mol. The first-order valence-electron chi connectivity index (χ1n) is 5.39. The summed E-state index contributed by atoms with van der Waals surface area (Å²) in [6.07, 6.45) is -8.42. The molecule has 0 N–H and O–H groups in total. The summed E-state index contributed by atoms with van der Waals surface area (Å²) in [5.74, 6) is 0. The van der Waals surface area contributed by atoms with Crippen molar-refractivity contribution in [3.63, 3.8) is 0 Å². The second-order valence-corrected chi connectivity index (χ2v) is 3.97. The Balaban J connectivity index is 2.48. The Kier molecular flexibility index (Phi) is 3.45. The summed E-state index contributed by atoms with van der Waals surface area (Å²) in [6, 6.07) is 6.27. The molecule has 0 fully saturated rings. The molecule has 1 aromatic heterocycles. The van der Waals surface area contributed by atoms with Gasteiger partial charge < -0.3 is 0 Å². The molecule has 2 aromatic rings. The van der Waals surface area contributed by atoms with Gasteiger partial charge in [-0.3, -0.25) is 4.98 Å². The molecule has 0 saturated heterocycles. The maximum atomic E-state index is 12.8. The summed E-state index contributed by atoms with van der Waals surface area (Å²) in [7, 11) is 0. The summed E-state index contributed by atoms with van der Waals surface area (Å²) >= 11 is 0. The van der Waals surface area contributed by atoms with E-state index in [2.05, 4.69) is 4.98 Å². The summed E-state index contributed by atoms with van der Waals surface area (Å²) in [5.41, 5.74) is -2.29. The largest absolute Gasteiger partial charge is 0.433 e. The molecule has 0 bridgehead atoms. The van der Waals surface area contributed by atoms with Gasteiger partial charge in [0.05, 0.1) is 5.56 Å². The van der Waals surface area contributed by atoms with Gasteiger partial charge in [0.1, 0.15) is 5.69 Å². The van der Waals surface area contributed by atoms with Gasteiger partial charge >= 0.3 is 12.4 Å². The van der Waals surface area contributed by atoms with E-state index in [1.807, 2.05) is 0 Å². The molecule has 0 unspecified atom stereocenters. The lowest BCUT2D eigenvalue weighted by Crippen LogP contribution is -2.09. The van der Waals surface area contributed by atoms with Crippen molar-refractivity contribution >= 4 is 0 Å². The van der Waals surface area contributed by atoms with E-state index >= 15 is 0 Å². The van der Waals surface area contributed by atoms with E-state index in [1.54, 1.807) is 0 Å². The van der Waals surface area contributed by atoms with Crippen LogP contribution in [0.5, 0.6) is 0 Å². The van der Waals surface area contributed by atoms with Crippen LogP contribution in [0, 0.1) is 0 Å². The van der Waals surface area contributed by atoms with Gasteiger partial charge in [-0.05, 0) is 17.7 Å². The van der Waals surface area contributed by atoms with Crippen LogP contribution in [-0.2, 0) is 12.4 Å². The number of pyridine rings is 1. The number of halogens is 6. The zero-order chi connectivity index (χ0) is 15.0. The number of hydrogen-bond acceptors (Lipinski definition) is 1. The van der Waals surface area contributed by atoms with E-state index < -0.39 is 23.6 Å². The quantitative estimate of drug-likeness (QED) is 0.689. The average Bonchev–Trinajstić information content (AvgIpc) is 2.37. The lowest BCUT2D eigenvalue weighted by molar-refractivity contribution is -0.141. The van der Waals surface area contributed by atoms with Crippen molar-refractivity contribution in [2.45, 2.75) is 12.4 Å². The van der Waals surface area contributed by atoms with Gasteiger partial charge in [-0.15, -0.1) is 0 Å². The average molecular weight is 291 g/mol. The standard InChI is InChI=1S/C13H7F6N/c14-12(15,16)10-4-2-1-3-9(10)8-5-6-11(20-7-8)13(17,18)19/h1-7H. The first kappa shape index (κ1) is 14.4. The number of nitrogens with zero attached hydrogens (tertiary/aromatic N) is 1. The molecule has 0 aliphatic rings. The van der Waals surface area contributed by atoms with E-state index in [-0.39, 0.29) is 11.1 Å². The molecule has 0 radical (unpaired) electrons. The van der Waals surface area contributed by atoms with Gasteiger partial charge in [0.2, 0.25) is 0 Å². The SMILES string of the molecule is FC(F)(F)c1ccc(-c2ccccc2C(F)(F)F)cn1. The van der Waals surface area contributed by atoms with Crippen LogP contribution in [0.15, 0.2) is 42.6 Å². The van der Waals surface area contributed by atoms with Crippen LogP contribution >= 0.6 is 0 Å². The van der Waals surface area contributed by atoms with E-state index in [9.17, 15) is 26.3 Å². The molecule has 0 aliphatic heterocycles. The van der Waals surface area contributed by atoms with Crippen molar-refractivity contribution in [1.82, 2.24) is 4.98 Å². The van der Waals surface area contributed by atoms with Gasteiger partial charge in [0.25, 0.3) is 0 Å². The van der Waals surface area contributed by atoms with Crippen LogP contribution in [0.25, 0.3) is 11.1 Å². The minimum Gasteiger partial charge on any atom is -0.251 e. The highest BCUT2D eigenvalue weighted by Gasteiger charge is 2.34. The molecule has 0 atom stereocenters. The highest BCUT2D eigenvalue weighted by atomic mass is 19.4. The van der Waals surface area contributed by atoms with Crippen molar-refractivity contribution < 1.29 is 26.3 Å². The summed E-state index contributed by atoms with van der Waals surface area (Å²) in [5, 5.41) is 0. The summed E-state index contributed by atoms with van der Waals surface area (Å²) in [4.78, 5) is 3.16. The van der Waals surface area contributed by atoms with Gasteiger partial charge in [-0.2, -0.15) is 26.3 Å². The predicted octanol–water partition coefficient (Wildman–Crippen LogP) is 4.79.